The lowest BCUT2D eigenvalue weighted by atomic mass is 10.6. The number of ether oxygens (including phenoxy) is 2. The fourth-order valence-electron chi connectivity index (χ4n) is 0.997. The summed E-state index contributed by atoms with van der Waals surface area (Å²) in [7, 11) is -0.598. The highest BCUT2D eigenvalue weighted by molar-refractivity contribution is 7.89. The van der Waals surface area contributed by atoms with Gasteiger partial charge in [-0.25, -0.2) is 13.6 Å². The van der Waals surface area contributed by atoms with Gasteiger partial charge in [-0.15, -0.1) is 0 Å². The lowest BCUT2D eigenvalue weighted by molar-refractivity contribution is 0.373. The van der Waals surface area contributed by atoms with Crippen molar-refractivity contribution in [2.75, 3.05) is 31.8 Å². The van der Waals surface area contributed by atoms with Gasteiger partial charge in [0.2, 0.25) is 27.7 Å². The Morgan fingerprint density at radius 1 is 1.29 bits per heavy atom. The molecule has 1 aromatic rings. The molecule has 0 atom stereocenters. The van der Waals surface area contributed by atoms with E-state index in [-0.39, 0.29) is 18.2 Å². The maximum absolute atomic E-state index is 10.7. The molecule has 0 aliphatic carbocycles. The largest absolute Gasteiger partial charge is 0.481 e. The summed E-state index contributed by atoms with van der Waals surface area (Å²) in [5.41, 5.74) is 0. The fourth-order valence-corrected chi connectivity index (χ4v) is 1.38. The third-order valence-corrected chi connectivity index (χ3v) is 2.54. The number of rotatable bonds is 6. The third-order valence-electron chi connectivity index (χ3n) is 1.77. The molecule has 0 spiro atoms. The number of methoxy groups -OCH3 is 2. The average Bonchev–Trinajstić information content (AvgIpc) is 2.26. The van der Waals surface area contributed by atoms with Crippen molar-refractivity contribution in [3.05, 3.63) is 6.07 Å². The Morgan fingerprint density at radius 2 is 1.82 bits per heavy atom. The summed E-state index contributed by atoms with van der Waals surface area (Å²) < 4.78 is 31.3. The Kier molecular flexibility index (Phi) is 4.46. The van der Waals surface area contributed by atoms with Crippen molar-refractivity contribution >= 4 is 16.0 Å². The topological polar surface area (TPSA) is 116 Å². The number of hydrogen-bond donors (Lipinski definition) is 2. The molecular formula is C8H14N4O4S. The predicted molar refractivity (Wildman–Crippen MR) is 61.6 cm³/mol. The first-order valence-electron chi connectivity index (χ1n) is 4.66. The second kappa shape index (κ2) is 5.64. The van der Waals surface area contributed by atoms with Crippen LogP contribution in [0.3, 0.4) is 0 Å². The van der Waals surface area contributed by atoms with E-state index in [1.165, 1.54) is 20.3 Å². The van der Waals surface area contributed by atoms with E-state index >= 15 is 0 Å². The van der Waals surface area contributed by atoms with Crippen molar-refractivity contribution < 1.29 is 17.9 Å². The van der Waals surface area contributed by atoms with Crippen LogP contribution in [0, 0.1) is 0 Å². The van der Waals surface area contributed by atoms with E-state index in [0.29, 0.717) is 11.8 Å². The van der Waals surface area contributed by atoms with Crippen LogP contribution in [0.1, 0.15) is 0 Å². The second-order valence-electron chi connectivity index (χ2n) is 3.07. The summed E-state index contributed by atoms with van der Waals surface area (Å²) in [4.78, 5) is 7.92. The van der Waals surface area contributed by atoms with E-state index in [1.807, 2.05) is 0 Å². The molecule has 0 aliphatic rings. The summed E-state index contributed by atoms with van der Waals surface area (Å²) in [5, 5.41) is 7.56. The lowest BCUT2D eigenvalue weighted by Gasteiger charge is -2.07. The highest BCUT2D eigenvalue weighted by atomic mass is 32.2. The zero-order valence-electron chi connectivity index (χ0n) is 9.50. The number of hydrogen-bond acceptors (Lipinski definition) is 7. The molecule has 1 aromatic heterocycles. The molecule has 0 radical (unpaired) electrons. The molecule has 96 valence electrons. The SMILES string of the molecule is COc1cc(OC)nc(NCCS(N)(=O)=O)n1. The molecule has 0 fully saturated rings. The van der Waals surface area contributed by atoms with Crippen LogP contribution in [0.4, 0.5) is 5.95 Å². The fraction of sp³-hybridized carbons (Fsp3) is 0.500. The Bertz CT molecular complexity index is 454. The molecule has 0 aliphatic heterocycles. The summed E-state index contributed by atoms with van der Waals surface area (Å²) in [6.45, 7) is 0.106. The van der Waals surface area contributed by atoms with Crippen molar-refractivity contribution in [2.45, 2.75) is 0 Å². The van der Waals surface area contributed by atoms with Gasteiger partial charge < -0.3 is 14.8 Å². The van der Waals surface area contributed by atoms with Crippen LogP contribution in [0.2, 0.25) is 0 Å². The first-order valence-corrected chi connectivity index (χ1v) is 6.37. The zero-order chi connectivity index (χ0) is 12.9. The summed E-state index contributed by atoms with van der Waals surface area (Å²) in [6.07, 6.45) is 0. The monoisotopic (exact) mass is 262 g/mol. The summed E-state index contributed by atoms with van der Waals surface area (Å²) in [5.74, 6) is 0.630. The highest BCUT2D eigenvalue weighted by Gasteiger charge is 2.06. The third kappa shape index (κ3) is 4.83. The molecule has 1 rings (SSSR count). The molecule has 3 N–H and O–H groups in total. The number of nitrogens with one attached hydrogen (secondary N) is 1. The first-order chi connectivity index (χ1) is 7.94. The zero-order valence-corrected chi connectivity index (χ0v) is 10.3. The number of anilines is 1. The van der Waals surface area contributed by atoms with Gasteiger partial charge in [-0.05, 0) is 0 Å². The van der Waals surface area contributed by atoms with E-state index < -0.39 is 10.0 Å². The van der Waals surface area contributed by atoms with Crippen LogP contribution in [0.15, 0.2) is 6.07 Å². The molecule has 0 unspecified atom stereocenters. The number of nitrogens with two attached hydrogens (primary N) is 1. The standard InChI is InChI=1S/C8H14N4O4S/c1-15-6-5-7(16-2)12-8(11-6)10-3-4-17(9,13)14/h5H,3-4H2,1-2H3,(H2,9,13,14)(H,10,11,12). The molecular weight excluding hydrogens is 248 g/mol. The van der Waals surface area contributed by atoms with Crippen molar-refractivity contribution in [3.63, 3.8) is 0 Å². The van der Waals surface area contributed by atoms with Crippen LogP contribution >= 0.6 is 0 Å². The molecule has 0 aromatic carbocycles. The number of sulfonamides is 1. The summed E-state index contributed by atoms with van der Waals surface area (Å²) in [6, 6.07) is 1.50. The van der Waals surface area contributed by atoms with E-state index in [0.717, 1.165) is 0 Å². The molecule has 0 saturated heterocycles. The molecule has 1 heterocycles. The average molecular weight is 262 g/mol. The second-order valence-corrected chi connectivity index (χ2v) is 4.80. The van der Waals surface area contributed by atoms with Gasteiger partial charge in [-0.3, -0.25) is 0 Å². The van der Waals surface area contributed by atoms with Gasteiger partial charge in [-0.2, -0.15) is 9.97 Å². The number of primary sulfonamides is 1. The van der Waals surface area contributed by atoms with Gasteiger partial charge in [0.15, 0.2) is 0 Å². The maximum Gasteiger partial charge on any atom is 0.229 e. The minimum absolute atomic E-state index is 0.106. The van der Waals surface area contributed by atoms with Crippen molar-refractivity contribution in [3.8, 4) is 11.8 Å². The molecule has 17 heavy (non-hydrogen) atoms. The van der Waals surface area contributed by atoms with Gasteiger partial charge in [0.05, 0.1) is 26.0 Å². The minimum atomic E-state index is -3.51. The van der Waals surface area contributed by atoms with Crippen LogP contribution in [-0.4, -0.2) is 44.9 Å². The van der Waals surface area contributed by atoms with E-state index in [2.05, 4.69) is 15.3 Å². The molecule has 9 heteroatoms. The number of aromatic nitrogens is 2. The molecule has 0 saturated carbocycles. The van der Waals surface area contributed by atoms with E-state index in [9.17, 15) is 8.42 Å². The van der Waals surface area contributed by atoms with Gasteiger partial charge in [0.25, 0.3) is 0 Å². The first kappa shape index (κ1) is 13.5. The smallest absolute Gasteiger partial charge is 0.229 e. The molecule has 8 nitrogen and oxygen atoms in total. The Balaban J connectivity index is 2.70. The van der Waals surface area contributed by atoms with Crippen molar-refractivity contribution in [1.82, 2.24) is 9.97 Å². The van der Waals surface area contributed by atoms with Crippen LogP contribution < -0.4 is 19.9 Å². The van der Waals surface area contributed by atoms with Crippen molar-refractivity contribution in [2.24, 2.45) is 5.14 Å². The molecule has 0 bridgehead atoms. The van der Waals surface area contributed by atoms with Gasteiger partial charge >= 0.3 is 0 Å². The van der Waals surface area contributed by atoms with Crippen molar-refractivity contribution in [1.29, 1.82) is 0 Å². The van der Waals surface area contributed by atoms with E-state index in [1.54, 1.807) is 0 Å². The van der Waals surface area contributed by atoms with Crippen LogP contribution in [-0.2, 0) is 10.0 Å². The van der Waals surface area contributed by atoms with E-state index in [4.69, 9.17) is 14.6 Å². The van der Waals surface area contributed by atoms with Gasteiger partial charge in [0, 0.05) is 6.54 Å². The van der Waals surface area contributed by atoms with Crippen LogP contribution in [0.5, 0.6) is 11.8 Å². The Morgan fingerprint density at radius 3 is 2.24 bits per heavy atom. The molecule has 0 amide bonds. The van der Waals surface area contributed by atoms with Gasteiger partial charge in [0.1, 0.15) is 0 Å². The number of nitrogens with zero attached hydrogens (tertiary/aromatic N) is 2. The summed E-state index contributed by atoms with van der Waals surface area (Å²) >= 11 is 0. The normalized spacial score (nSPS) is 11.0. The highest BCUT2D eigenvalue weighted by Crippen LogP contribution is 2.16. The van der Waals surface area contributed by atoms with Gasteiger partial charge in [-0.1, -0.05) is 0 Å². The quantitative estimate of drug-likeness (QED) is 0.688. The minimum Gasteiger partial charge on any atom is -0.481 e. The Hall–Kier alpha value is -1.61. The van der Waals surface area contributed by atoms with Crippen LogP contribution in [0.25, 0.3) is 0 Å². The maximum atomic E-state index is 10.7. The Labute approximate surface area is 99.2 Å². The lowest BCUT2D eigenvalue weighted by Crippen LogP contribution is -2.23. The predicted octanol–water partition coefficient (Wildman–Crippen LogP) is -0.806.